The molecule has 15 heavy (non-hydrogen) atoms. The summed E-state index contributed by atoms with van der Waals surface area (Å²) in [6, 6.07) is 1.60. The quantitative estimate of drug-likeness (QED) is 0.579. The van der Waals surface area contributed by atoms with Gasteiger partial charge in [-0.25, -0.2) is 0 Å². The maximum atomic E-state index is 6.06. The van der Waals surface area contributed by atoms with Gasteiger partial charge in [0.15, 0.2) is 0 Å². The lowest BCUT2D eigenvalue weighted by Gasteiger charge is -2.11. The van der Waals surface area contributed by atoms with E-state index in [1.54, 1.807) is 6.07 Å². The van der Waals surface area contributed by atoms with Gasteiger partial charge in [-0.05, 0) is 6.26 Å². The lowest BCUT2D eigenvalue weighted by Crippen LogP contribution is -1.96. The van der Waals surface area contributed by atoms with E-state index in [1.165, 1.54) is 18.9 Å². The van der Waals surface area contributed by atoms with E-state index in [1.807, 2.05) is 6.26 Å². The van der Waals surface area contributed by atoms with Crippen LogP contribution in [0.2, 0.25) is 15.1 Å². The van der Waals surface area contributed by atoms with Crippen molar-refractivity contribution in [1.29, 1.82) is 0 Å². The molecule has 0 heterocycles. The zero-order chi connectivity index (χ0) is 11.6. The van der Waals surface area contributed by atoms with Crippen molar-refractivity contribution >= 4 is 63.0 Å². The largest absolute Gasteiger partial charge is 0.495 e. The molecular weight excluding hydrogens is 295 g/mol. The fourth-order valence-electron chi connectivity index (χ4n) is 1.01. The van der Waals surface area contributed by atoms with Crippen molar-refractivity contribution in [3.63, 3.8) is 0 Å². The lowest BCUT2D eigenvalue weighted by atomic mass is 10.2. The minimum atomic E-state index is 0.329. The van der Waals surface area contributed by atoms with Crippen LogP contribution >= 0.6 is 58.8 Å². The SMILES string of the molecule is COc1cc(Cl)c(C(=S)SC)c(Cl)c1Cl. The molecule has 0 aromatic heterocycles. The van der Waals surface area contributed by atoms with E-state index in [0.717, 1.165) is 0 Å². The van der Waals surface area contributed by atoms with Crippen LogP contribution in [-0.4, -0.2) is 17.6 Å². The minimum Gasteiger partial charge on any atom is -0.495 e. The summed E-state index contributed by atoms with van der Waals surface area (Å²) in [4.78, 5) is 0. The number of thioether (sulfide) groups is 1. The molecule has 1 rings (SSSR count). The lowest BCUT2D eigenvalue weighted by molar-refractivity contribution is 0.415. The third kappa shape index (κ3) is 2.71. The molecule has 0 N–H and O–H groups in total. The number of thiocarbonyl (C=S) groups is 1. The van der Waals surface area contributed by atoms with Crippen molar-refractivity contribution < 1.29 is 4.74 Å². The van der Waals surface area contributed by atoms with Crippen molar-refractivity contribution in [3.8, 4) is 5.75 Å². The van der Waals surface area contributed by atoms with Crippen LogP contribution in [0.1, 0.15) is 5.56 Å². The van der Waals surface area contributed by atoms with Gasteiger partial charge < -0.3 is 4.74 Å². The molecule has 1 aromatic rings. The first-order valence-electron chi connectivity index (χ1n) is 3.82. The molecule has 0 amide bonds. The maximum absolute atomic E-state index is 6.06. The van der Waals surface area contributed by atoms with Crippen molar-refractivity contribution in [2.45, 2.75) is 0 Å². The molecule has 82 valence electrons. The predicted octanol–water partition coefficient (Wildman–Crippen LogP) is 4.69. The highest BCUT2D eigenvalue weighted by Gasteiger charge is 2.17. The highest BCUT2D eigenvalue weighted by Crippen LogP contribution is 2.40. The van der Waals surface area contributed by atoms with E-state index in [2.05, 4.69) is 0 Å². The molecule has 0 aliphatic rings. The third-order valence-electron chi connectivity index (χ3n) is 1.73. The van der Waals surface area contributed by atoms with Gasteiger partial charge in [-0.1, -0.05) is 47.0 Å². The summed E-state index contributed by atoms with van der Waals surface area (Å²) >= 11 is 24.6. The summed E-state index contributed by atoms with van der Waals surface area (Å²) in [5.74, 6) is 0.444. The second-order valence-electron chi connectivity index (χ2n) is 2.56. The summed E-state index contributed by atoms with van der Waals surface area (Å²) in [5.41, 5.74) is 0.589. The van der Waals surface area contributed by atoms with Gasteiger partial charge in [0.25, 0.3) is 0 Å². The minimum absolute atomic E-state index is 0.329. The average molecular weight is 302 g/mol. The van der Waals surface area contributed by atoms with Gasteiger partial charge in [0.2, 0.25) is 0 Å². The normalized spacial score (nSPS) is 10.2. The second kappa shape index (κ2) is 5.60. The third-order valence-corrected chi connectivity index (χ3v) is 4.16. The molecule has 0 unspecified atom stereocenters. The number of benzene rings is 1. The first kappa shape index (κ1) is 13.4. The number of rotatable bonds is 2. The Morgan fingerprint density at radius 1 is 1.33 bits per heavy atom. The molecule has 0 saturated carbocycles. The molecule has 0 aliphatic heterocycles. The fraction of sp³-hybridized carbons (Fsp3) is 0.222. The van der Waals surface area contributed by atoms with Gasteiger partial charge in [0.05, 0.1) is 21.4 Å². The van der Waals surface area contributed by atoms with Crippen LogP contribution in [0.5, 0.6) is 5.75 Å². The van der Waals surface area contributed by atoms with E-state index in [-0.39, 0.29) is 0 Å². The van der Waals surface area contributed by atoms with Crippen LogP contribution in [0.15, 0.2) is 6.07 Å². The highest BCUT2D eigenvalue weighted by atomic mass is 35.5. The van der Waals surface area contributed by atoms with Gasteiger partial charge >= 0.3 is 0 Å². The molecule has 1 aromatic carbocycles. The maximum Gasteiger partial charge on any atom is 0.140 e. The summed E-state index contributed by atoms with van der Waals surface area (Å²) in [6.07, 6.45) is 1.85. The summed E-state index contributed by atoms with van der Waals surface area (Å²) in [5, 5.41) is 1.11. The Morgan fingerprint density at radius 3 is 2.40 bits per heavy atom. The number of halogens is 3. The monoisotopic (exact) mass is 300 g/mol. The molecule has 0 bridgehead atoms. The van der Waals surface area contributed by atoms with Crippen molar-refractivity contribution in [2.24, 2.45) is 0 Å². The van der Waals surface area contributed by atoms with Crippen LogP contribution in [0, 0.1) is 0 Å². The molecule has 0 saturated heterocycles. The molecule has 0 aliphatic carbocycles. The number of ether oxygens (including phenoxy) is 1. The first-order valence-corrected chi connectivity index (χ1v) is 6.59. The molecule has 0 fully saturated rings. The van der Waals surface area contributed by atoms with Crippen LogP contribution in [-0.2, 0) is 0 Å². The Morgan fingerprint density at radius 2 is 1.93 bits per heavy atom. The van der Waals surface area contributed by atoms with E-state index in [9.17, 15) is 0 Å². The van der Waals surface area contributed by atoms with Gasteiger partial charge in [0, 0.05) is 11.6 Å². The Bertz CT molecular complexity index is 407. The predicted molar refractivity (Wildman–Crippen MR) is 73.2 cm³/mol. The molecule has 0 spiro atoms. The first-order chi connectivity index (χ1) is 7.02. The van der Waals surface area contributed by atoms with Crippen LogP contribution in [0.4, 0.5) is 0 Å². The molecule has 0 radical (unpaired) electrons. The van der Waals surface area contributed by atoms with E-state index in [0.29, 0.717) is 30.6 Å². The van der Waals surface area contributed by atoms with Gasteiger partial charge in [-0.3, -0.25) is 0 Å². The van der Waals surface area contributed by atoms with Crippen molar-refractivity contribution in [3.05, 3.63) is 26.7 Å². The zero-order valence-corrected chi connectivity index (χ0v) is 11.8. The van der Waals surface area contributed by atoms with E-state index >= 15 is 0 Å². The van der Waals surface area contributed by atoms with Gasteiger partial charge in [0.1, 0.15) is 10.8 Å². The molecule has 6 heteroatoms. The highest BCUT2D eigenvalue weighted by molar-refractivity contribution is 8.23. The summed E-state index contributed by atoms with van der Waals surface area (Å²) < 4.78 is 5.63. The van der Waals surface area contributed by atoms with Gasteiger partial charge in [-0.2, -0.15) is 0 Å². The standard InChI is InChI=1S/C9H7Cl3OS2/c1-13-5-3-4(10)6(9(14)15-2)8(12)7(5)11/h3H,1-2H3. The number of hydrogen-bond donors (Lipinski definition) is 0. The van der Waals surface area contributed by atoms with Crippen LogP contribution in [0.3, 0.4) is 0 Å². The van der Waals surface area contributed by atoms with Crippen molar-refractivity contribution in [1.82, 2.24) is 0 Å². The van der Waals surface area contributed by atoms with Crippen LogP contribution < -0.4 is 4.74 Å². The van der Waals surface area contributed by atoms with E-state index < -0.39 is 0 Å². The summed E-state index contributed by atoms with van der Waals surface area (Å²) in [6.45, 7) is 0. The Hall–Kier alpha value is 0.330. The summed E-state index contributed by atoms with van der Waals surface area (Å²) in [7, 11) is 1.50. The Kier molecular flexibility index (Phi) is 5.00. The smallest absolute Gasteiger partial charge is 0.140 e. The fourth-order valence-corrected chi connectivity index (χ4v) is 2.72. The van der Waals surface area contributed by atoms with Gasteiger partial charge in [-0.15, -0.1) is 11.8 Å². The second-order valence-corrected chi connectivity index (χ2v) is 5.20. The number of methoxy groups -OCH3 is 1. The molecule has 0 atom stereocenters. The average Bonchev–Trinajstić information content (AvgIpc) is 2.23. The zero-order valence-electron chi connectivity index (χ0n) is 7.94. The molecular formula is C9H7Cl3OS2. The van der Waals surface area contributed by atoms with E-state index in [4.69, 9.17) is 51.8 Å². The Labute approximate surface area is 113 Å². The van der Waals surface area contributed by atoms with Crippen LogP contribution in [0.25, 0.3) is 0 Å². The number of hydrogen-bond acceptors (Lipinski definition) is 3. The van der Waals surface area contributed by atoms with Crippen molar-refractivity contribution in [2.75, 3.05) is 13.4 Å². The molecule has 1 nitrogen and oxygen atoms in total. The Balaban J connectivity index is 3.42. The topological polar surface area (TPSA) is 9.23 Å².